The number of nitrogen functional groups attached to an aromatic ring is 1. The number of anilines is 2. The minimum Gasteiger partial charge on any atom is -0.483 e. The van der Waals surface area contributed by atoms with E-state index in [9.17, 15) is 10.1 Å². The highest BCUT2D eigenvalue weighted by Gasteiger charge is 2.23. The molecule has 2 aromatic rings. The van der Waals surface area contributed by atoms with Crippen molar-refractivity contribution in [1.82, 2.24) is 4.90 Å². The number of nitrogens with zero attached hydrogens (tertiary/aromatic N) is 3. The number of ether oxygens (including phenoxy) is 1. The number of rotatable bonds is 5. The maximum Gasteiger partial charge on any atom is 0.260 e. The molecule has 0 aromatic heterocycles. The number of piperazine rings is 1. The predicted octanol–water partition coefficient (Wildman–Crippen LogP) is 3.30. The lowest BCUT2D eigenvalue weighted by atomic mass is 10.0. The molecule has 2 N–H and O–H groups in total. The second kappa shape index (κ2) is 8.87. The molecule has 0 atom stereocenters. The monoisotopic (exact) mass is 392 g/mol. The van der Waals surface area contributed by atoms with Crippen LogP contribution in [0.5, 0.6) is 5.75 Å². The Balaban J connectivity index is 1.59. The molecule has 0 aliphatic carbocycles. The number of nitriles is 1. The van der Waals surface area contributed by atoms with Crippen molar-refractivity contribution < 1.29 is 9.53 Å². The van der Waals surface area contributed by atoms with Gasteiger partial charge in [0.05, 0.1) is 11.3 Å². The number of carbonyl (C=O) groups is 1. The van der Waals surface area contributed by atoms with Crippen LogP contribution in [-0.4, -0.2) is 43.6 Å². The molecule has 0 spiro atoms. The normalized spacial score (nSPS) is 14.0. The number of hydrogen-bond acceptors (Lipinski definition) is 5. The third-order valence-electron chi connectivity index (χ3n) is 5.26. The van der Waals surface area contributed by atoms with E-state index in [4.69, 9.17) is 10.5 Å². The molecular formula is C23H28N4O2. The molecule has 1 aliphatic heterocycles. The summed E-state index contributed by atoms with van der Waals surface area (Å²) < 4.78 is 5.89. The zero-order valence-corrected chi connectivity index (χ0v) is 17.3. The smallest absolute Gasteiger partial charge is 0.260 e. The van der Waals surface area contributed by atoms with Gasteiger partial charge in [0.15, 0.2) is 6.61 Å². The summed E-state index contributed by atoms with van der Waals surface area (Å²) in [5, 5.41) is 9.36. The Morgan fingerprint density at radius 2 is 1.90 bits per heavy atom. The van der Waals surface area contributed by atoms with Crippen molar-refractivity contribution in [1.29, 1.82) is 5.26 Å². The summed E-state index contributed by atoms with van der Waals surface area (Å²) in [5.74, 6) is 1.10. The van der Waals surface area contributed by atoms with Gasteiger partial charge in [-0.15, -0.1) is 0 Å². The zero-order valence-electron chi connectivity index (χ0n) is 17.3. The highest BCUT2D eigenvalue weighted by Crippen LogP contribution is 2.28. The van der Waals surface area contributed by atoms with Gasteiger partial charge in [0, 0.05) is 31.9 Å². The largest absolute Gasteiger partial charge is 0.483 e. The molecule has 152 valence electrons. The van der Waals surface area contributed by atoms with Gasteiger partial charge in [-0.25, -0.2) is 0 Å². The molecule has 1 aliphatic rings. The molecule has 1 amide bonds. The fourth-order valence-electron chi connectivity index (χ4n) is 3.59. The second-order valence-electron chi connectivity index (χ2n) is 7.74. The molecule has 0 saturated carbocycles. The molecule has 1 saturated heterocycles. The van der Waals surface area contributed by atoms with E-state index in [2.05, 4.69) is 36.9 Å². The summed E-state index contributed by atoms with van der Waals surface area (Å²) in [6, 6.07) is 13.7. The Kier molecular flexibility index (Phi) is 6.28. The first kappa shape index (κ1) is 20.5. The van der Waals surface area contributed by atoms with E-state index >= 15 is 0 Å². The van der Waals surface area contributed by atoms with E-state index in [1.165, 1.54) is 0 Å². The molecule has 0 unspecified atom stereocenters. The van der Waals surface area contributed by atoms with Crippen LogP contribution in [0.2, 0.25) is 0 Å². The van der Waals surface area contributed by atoms with Crippen LogP contribution in [0.3, 0.4) is 0 Å². The van der Waals surface area contributed by atoms with Crippen LogP contribution in [0.25, 0.3) is 0 Å². The molecule has 3 rings (SSSR count). The van der Waals surface area contributed by atoms with Gasteiger partial charge in [0.2, 0.25) is 0 Å². The standard InChI is InChI=1S/C23H28N4O2/c1-16(2)20-6-4-17(3)12-22(20)29-15-23(28)27-10-8-26(9-11-27)21-7-5-19(25)13-18(21)14-24/h4-7,12-13,16H,8-11,15,25H2,1-3H3. The molecule has 0 radical (unpaired) electrons. The van der Waals surface area contributed by atoms with Gasteiger partial charge < -0.3 is 20.3 Å². The first-order chi connectivity index (χ1) is 13.9. The molecule has 6 heteroatoms. The highest BCUT2D eigenvalue weighted by molar-refractivity contribution is 5.78. The van der Waals surface area contributed by atoms with Gasteiger partial charge in [-0.1, -0.05) is 26.0 Å². The van der Waals surface area contributed by atoms with Crippen molar-refractivity contribution in [2.45, 2.75) is 26.7 Å². The zero-order chi connectivity index (χ0) is 21.0. The minimum atomic E-state index is -0.0151. The number of aryl methyl sites for hydroxylation is 1. The number of nitrogens with two attached hydrogens (primary N) is 1. The summed E-state index contributed by atoms with van der Waals surface area (Å²) in [6.07, 6.45) is 0. The van der Waals surface area contributed by atoms with Crippen LogP contribution in [0, 0.1) is 18.3 Å². The van der Waals surface area contributed by atoms with Gasteiger partial charge in [-0.05, 0) is 48.2 Å². The van der Waals surface area contributed by atoms with Crippen LogP contribution in [0.15, 0.2) is 36.4 Å². The maximum absolute atomic E-state index is 12.7. The van der Waals surface area contributed by atoms with E-state index in [1.807, 2.05) is 24.0 Å². The van der Waals surface area contributed by atoms with Crippen molar-refractivity contribution in [2.24, 2.45) is 0 Å². The molecule has 1 fully saturated rings. The maximum atomic E-state index is 12.7. The number of hydrogen-bond donors (Lipinski definition) is 1. The molecular weight excluding hydrogens is 364 g/mol. The molecule has 29 heavy (non-hydrogen) atoms. The third-order valence-corrected chi connectivity index (χ3v) is 5.26. The Morgan fingerprint density at radius 1 is 1.17 bits per heavy atom. The van der Waals surface area contributed by atoms with E-state index in [0.29, 0.717) is 43.3 Å². The summed E-state index contributed by atoms with van der Waals surface area (Å²) in [6.45, 7) is 8.83. The second-order valence-corrected chi connectivity index (χ2v) is 7.74. The lowest BCUT2D eigenvalue weighted by Crippen LogP contribution is -2.50. The van der Waals surface area contributed by atoms with E-state index < -0.39 is 0 Å². The molecule has 0 bridgehead atoms. The van der Waals surface area contributed by atoms with E-state index in [-0.39, 0.29) is 12.5 Å². The average Bonchev–Trinajstić information content (AvgIpc) is 2.71. The summed E-state index contributed by atoms with van der Waals surface area (Å²) >= 11 is 0. The van der Waals surface area contributed by atoms with Gasteiger partial charge in [-0.3, -0.25) is 4.79 Å². The van der Waals surface area contributed by atoms with Crippen molar-refractivity contribution in [3.63, 3.8) is 0 Å². The fraction of sp³-hybridized carbons (Fsp3) is 0.391. The Bertz CT molecular complexity index is 925. The summed E-state index contributed by atoms with van der Waals surface area (Å²) in [4.78, 5) is 16.6. The van der Waals surface area contributed by atoms with Gasteiger partial charge in [0.25, 0.3) is 5.91 Å². The van der Waals surface area contributed by atoms with Gasteiger partial charge in [-0.2, -0.15) is 5.26 Å². The van der Waals surface area contributed by atoms with Crippen molar-refractivity contribution >= 4 is 17.3 Å². The first-order valence-corrected chi connectivity index (χ1v) is 9.94. The first-order valence-electron chi connectivity index (χ1n) is 9.94. The highest BCUT2D eigenvalue weighted by atomic mass is 16.5. The third kappa shape index (κ3) is 4.80. The summed E-state index contributed by atoms with van der Waals surface area (Å²) in [7, 11) is 0. The van der Waals surface area contributed by atoms with Crippen molar-refractivity contribution in [3.05, 3.63) is 53.1 Å². The Labute approximate surface area is 172 Å². The lowest BCUT2D eigenvalue weighted by molar-refractivity contribution is -0.133. The van der Waals surface area contributed by atoms with Gasteiger partial charge in [0.1, 0.15) is 11.8 Å². The van der Waals surface area contributed by atoms with E-state index in [1.54, 1.807) is 12.1 Å². The minimum absolute atomic E-state index is 0.0151. The number of benzene rings is 2. The van der Waals surface area contributed by atoms with Crippen LogP contribution in [0.1, 0.15) is 36.5 Å². The SMILES string of the molecule is Cc1ccc(C(C)C)c(OCC(=O)N2CCN(c3ccc(N)cc3C#N)CC2)c1. The topological polar surface area (TPSA) is 82.6 Å². The lowest BCUT2D eigenvalue weighted by Gasteiger charge is -2.36. The van der Waals surface area contributed by atoms with Crippen molar-refractivity contribution in [3.8, 4) is 11.8 Å². The number of amides is 1. The van der Waals surface area contributed by atoms with Crippen molar-refractivity contribution in [2.75, 3.05) is 43.4 Å². The van der Waals surface area contributed by atoms with Crippen LogP contribution in [0.4, 0.5) is 11.4 Å². The summed E-state index contributed by atoms with van der Waals surface area (Å²) in [5.41, 5.74) is 10.0. The Morgan fingerprint density at radius 3 is 2.55 bits per heavy atom. The Hall–Kier alpha value is -3.20. The molecule has 2 aromatic carbocycles. The van der Waals surface area contributed by atoms with Crippen LogP contribution >= 0.6 is 0 Å². The van der Waals surface area contributed by atoms with Gasteiger partial charge >= 0.3 is 0 Å². The molecule has 1 heterocycles. The van der Waals surface area contributed by atoms with E-state index in [0.717, 1.165) is 22.6 Å². The predicted molar refractivity (Wildman–Crippen MR) is 115 cm³/mol. The number of carbonyl (C=O) groups excluding carboxylic acids is 1. The fourth-order valence-corrected chi connectivity index (χ4v) is 3.59. The quantitative estimate of drug-likeness (QED) is 0.790. The van der Waals surface area contributed by atoms with Crippen LogP contribution in [-0.2, 0) is 4.79 Å². The average molecular weight is 393 g/mol. The van der Waals surface area contributed by atoms with Crippen LogP contribution < -0.4 is 15.4 Å². The molecule has 6 nitrogen and oxygen atoms in total.